The fourth-order valence-electron chi connectivity index (χ4n) is 2.60. The van der Waals surface area contributed by atoms with Crippen LogP contribution in [-0.4, -0.2) is 21.0 Å². The third-order valence-electron chi connectivity index (χ3n) is 3.38. The van der Waals surface area contributed by atoms with Gasteiger partial charge in [0.05, 0.1) is 0 Å². The molecule has 2 N–H and O–H groups in total. The Morgan fingerprint density at radius 2 is 1.74 bits per heavy atom. The smallest absolute Gasteiger partial charge is 0.336 e. The molecule has 0 bridgehead atoms. The summed E-state index contributed by atoms with van der Waals surface area (Å²) in [5.41, 5.74) is 1.11. The Balaban J connectivity index is 2.79. The Labute approximate surface area is 133 Å². The van der Waals surface area contributed by atoms with Gasteiger partial charge in [-0.1, -0.05) is 6.07 Å². The molecule has 0 saturated heterocycles. The van der Waals surface area contributed by atoms with Crippen LogP contribution in [0.5, 0.6) is 0 Å². The zero-order chi connectivity index (χ0) is 17.4. The van der Waals surface area contributed by atoms with Gasteiger partial charge in [-0.2, -0.15) is 0 Å². The number of benzene rings is 1. The van der Waals surface area contributed by atoms with Gasteiger partial charge in [-0.25, -0.2) is 22.7 Å². The van der Waals surface area contributed by atoms with Crippen molar-refractivity contribution in [3.05, 3.63) is 39.2 Å². The summed E-state index contributed by atoms with van der Waals surface area (Å²) in [6, 6.07) is 2.15. The second-order valence-corrected chi connectivity index (χ2v) is 6.88. The number of nitrogens with one attached hydrogen (secondary N) is 2. The zero-order valence-electron chi connectivity index (χ0n) is 13.3. The van der Waals surface area contributed by atoms with Crippen LogP contribution in [-0.2, 0) is 10.0 Å². The summed E-state index contributed by atoms with van der Waals surface area (Å²) in [7, 11) is -4.18. The molecule has 0 saturated carbocycles. The summed E-state index contributed by atoms with van der Waals surface area (Å²) in [6.07, 6.45) is 0. The first-order valence-electron chi connectivity index (χ1n) is 7.02. The Hall–Kier alpha value is -2.35. The van der Waals surface area contributed by atoms with Crippen LogP contribution in [0.1, 0.15) is 23.6 Å². The van der Waals surface area contributed by atoms with E-state index in [4.69, 9.17) is 4.42 Å². The Morgan fingerprint density at radius 1 is 1.13 bits per heavy atom. The minimum atomic E-state index is -4.18. The molecule has 0 fully saturated rings. The molecular formula is C15H18N2O5S. The molecular weight excluding hydrogens is 320 g/mol. The monoisotopic (exact) mass is 338 g/mol. The lowest BCUT2D eigenvalue weighted by Crippen LogP contribution is -2.39. The van der Waals surface area contributed by atoms with Gasteiger partial charge in [0.1, 0.15) is 4.90 Å². The summed E-state index contributed by atoms with van der Waals surface area (Å²) >= 11 is 0. The molecule has 8 heteroatoms. The van der Waals surface area contributed by atoms with Gasteiger partial charge in [-0.15, -0.1) is 0 Å². The maximum Gasteiger partial charge on any atom is 0.336 e. The highest BCUT2D eigenvalue weighted by Gasteiger charge is 2.26. The van der Waals surface area contributed by atoms with Crippen molar-refractivity contribution in [2.45, 2.75) is 32.6 Å². The summed E-state index contributed by atoms with van der Waals surface area (Å²) in [5.74, 6) is 0. The highest BCUT2D eigenvalue weighted by atomic mass is 32.2. The molecule has 7 nitrogen and oxygen atoms in total. The van der Waals surface area contributed by atoms with Crippen LogP contribution < -0.4 is 15.7 Å². The molecule has 0 aliphatic carbocycles. The van der Waals surface area contributed by atoms with E-state index in [0.717, 1.165) is 5.56 Å². The molecule has 2 amide bonds. The van der Waals surface area contributed by atoms with Crippen LogP contribution >= 0.6 is 0 Å². The molecule has 0 aliphatic heterocycles. The van der Waals surface area contributed by atoms with Gasteiger partial charge >= 0.3 is 11.7 Å². The van der Waals surface area contributed by atoms with Gasteiger partial charge in [0.2, 0.25) is 0 Å². The van der Waals surface area contributed by atoms with Gasteiger partial charge in [0, 0.05) is 18.0 Å². The first-order valence-corrected chi connectivity index (χ1v) is 8.51. The van der Waals surface area contributed by atoms with Crippen molar-refractivity contribution in [2.75, 3.05) is 6.54 Å². The number of rotatable bonds is 3. The summed E-state index contributed by atoms with van der Waals surface area (Å²) in [5, 5.41) is 2.90. The normalized spacial score (nSPS) is 11.5. The van der Waals surface area contributed by atoms with Crippen molar-refractivity contribution < 1.29 is 17.6 Å². The van der Waals surface area contributed by atoms with E-state index in [1.165, 1.54) is 6.07 Å². The summed E-state index contributed by atoms with van der Waals surface area (Å²) < 4.78 is 32.2. The number of carbonyl (C=O) groups excluding carboxylic acids is 1. The molecule has 1 aromatic carbocycles. The standard InChI is InChI=1S/C15H18N2O5S/c1-5-16-15(19)17-23(20,21)14-10(4)6-8(2)12-9(3)7-11(18)22-13(12)14/h6-7H,5H2,1-4H3,(H2,16,17,19). The van der Waals surface area contributed by atoms with Crippen molar-refractivity contribution in [1.29, 1.82) is 0 Å². The number of fused-ring (bicyclic) bond motifs is 1. The van der Waals surface area contributed by atoms with E-state index >= 15 is 0 Å². The lowest BCUT2D eigenvalue weighted by molar-refractivity contribution is 0.246. The minimum Gasteiger partial charge on any atom is -0.421 e. The van der Waals surface area contributed by atoms with Crippen LogP contribution in [0, 0.1) is 20.8 Å². The molecule has 2 aromatic rings. The molecule has 0 unspecified atom stereocenters. The number of sulfonamides is 1. The first-order chi connectivity index (χ1) is 10.7. The number of hydrogen-bond donors (Lipinski definition) is 2. The predicted molar refractivity (Wildman–Crippen MR) is 86.1 cm³/mol. The fourth-order valence-corrected chi connectivity index (χ4v) is 3.89. The van der Waals surface area contributed by atoms with Crippen molar-refractivity contribution >= 4 is 27.0 Å². The SMILES string of the molecule is CCNC(=O)NS(=O)(=O)c1c(C)cc(C)c2c(C)cc(=O)oc12. The Morgan fingerprint density at radius 3 is 2.35 bits per heavy atom. The first kappa shape index (κ1) is 17.0. The van der Waals surface area contributed by atoms with Gasteiger partial charge in [-0.3, -0.25) is 0 Å². The van der Waals surface area contributed by atoms with E-state index in [-0.39, 0.29) is 17.0 Å². The van der Waals surface area contributed by atoms with E-state index in [2.05, 4.69) is 5.32 Å². The quantitative estimate of drug-likeness (QED) is 0.829. The molecule has 0 spiro atoms. The number of carbonyl (C=O) groups is 1. The summed E-state index contributed by atoms with van der Waals surface area (Å²) in [6.45, 7) is 7.04. The van der Waals surface area contributed by atoms with E-state index < -0.39 is 21.7 Å². The number of aryl methyl sites for hydroxylation is 3. The molecule has 0 radical (unpaired) electrons. The third-order valence-corrected chi connectivity index (χ3v) is 4.88. The van der Waals surface area contributed by atoms with Crippen molar-refractivity contribution in [3.8, 4) is 0 Å². The average molecular weight is 338 g/mol. The summed E-state index contributed by atoms with van der Waals surface area (Å²) in [4.78, 5) is 23.1. The largest absolute Gasteiger partial charge is 0.421 e. The number of hydrogen-bond acceptors (Lipinski definition) is 5. The second kappa shape index (κ2) is 6.04. The van der Waals surface area contributed by atoms with Gasteiger partial charge in [0.25, 0.3) is 10.0 Å². The zero-order valence-corrected chi connectivity index (χ0v) is 14.1. The van der Waals surface area contributed by atoms with E-state index in [0.29, 0.717) is 16.5 Å². The number of amides is 2. The van der Waals surface area contributed by atoms with Gasteiger partial charge < -0.3 is 9.73 Å². The lowest BCUT2D eigenvalue weighted by Gasteiger charge is -2.14. The second-order valence-electron chi connectivity index (χ2n) is 5.26. The van der Waals surface area contributed by atoms with E-state index in [9.17, 15) is 18.0 Å². The van der Waals surface area contributed by atoms with Crippen LogP contribution in [0.3, 0.4) is 0 Å². The molecule has 1 aromatic heterocycles. The van der Waals surface area contributed by atoms with E-state index in [1.54, 1.807) is 33.8 Å². The fraction of sp³-hybridized carbons (Fsp3) is 0.333. The van der Waals surface area contributed by atoms with Crippen LogP contribution in [0.2, 0.25) is 0 Å². The Bertz CT molecular complexity index is 944. The third kappa shape index (κ3) is 3.21. The lowest BCUT2D eigenvalue weighted by atomic mass is 10.0. The van der Waals surface area contributed by atoms with Gasteiger partial charge in [-0.05, 0) is 44.4 Å². The maximum atomic E-state index is 12.6. The van der Waals surface area contributed by atoms with Crippen LogP contribution in [0.25, 0.3) is 11.0 Å². The van der Waals surface area contributed by atoms with Crippen molar-refractivity contribution in [3.63, 3.8) is 0 Å². The molecule has 0 aliphatic rings. The van der Waals surface area contributed by atoms with Crippen molar-refractivity contribution in [2.24, 2.45) is 0 Å². The van der Waals surface area contributed by atoms with Crippen LogP contribution in [0.4, 0.5) is 4.79 Å². The highest BCUT2D eigenvalue weighted by molar-refractivity contribution is 7.90. The molecule has 23 heavy (non-hydrogen) atoms. The molecule has 124 valence electrons. The predicted octanol–water partition coefficient (Wildman–Crippen LogP) is 1.73. The molecule has 2 rings (SSSR count). The minimum absolute atomic E-state index is 0.0377. The van der Waals surface area contributed by atoms with Crippen molar-refractivity contribution in [1.82, 2.24) is 10.0 Å². The maximum absolute atomic E-state index is 12.6. The molecule has 0 atom stereocenters. The Kier molecular flexibility index (Phi) is 4.46. The topological polar surface area (TPSA) is 105 Å². The van der Waals surface area contributed by atoms with E-state index in [1.807, 2.05) is 4.72 Å². The molecule has 1 heterocycles. The average Bonchev–Trinajstić information content (AvgIpc) is 2.35. The number of urea groups is 1. The highest BCUT2D eigenvalue weighted by Crippen LogP contribution is 2.30. The van der Waals surface area contributed by atoms with Gasteiger partial charge in [0.15, 0.2) is 5.58 Å². The van der Waals surface area contributed by atoms with Crippen LogP contribution in [0.15, 0.2) is 26.2 Å².